The second-order valence-electron chi connectivity index (χ2n) is 6.85. The molecule has 27 heavy (non-hydrogen) atoms. The minimum atomic E-state index is -1.07. The molecule has 1 fully saturated rings. The van der Waals surface area contributed by atoms with Gasteiger partial charge in [-0.25, -0.2) is 9.18 Å². The van der Waals surface area contributed by atoms with Gasteiger partial charge in [-0.15, -0.1) is 0 Å². The van der Waals surface area contributed by atoms with E-state index in [2.05, 4.69) is 0 Å². The van der Waals surface area contributed by atoms with Crippen molar-refractivity contribution < 1.29 is 28.2 Å². The van der Waals surface area contributed by atoms with E-state index in [1.54, 1.807) is 26.1 Å². The fourth-order valence-electron chi connectivity index (χ4n) is 3.64. The highest BCUT2D eigenvalue weighted by molar-refractivity contribution is 5.89. The van der Waals surface area contributed by atoms with Crippen molar-refractivity contribution in [2.75, 3.05) is 20.3 Å². The van der Waals surface area contributed by atoms with Crippen molar-refractivity contribution >= 4 is 11.9 Å². The SMILES string of the molecule is Cc1oc(CN(C)C(=O)C2(c3cccc(F)c3)CCOCC2)cc1C(=O)O. The second-order valence-corrected chi connectivity index (χ2v) is 6.85. The minimum Gasteiger partial charge on any atom is -0.478 e. The number of halogens is 1. The van der Waals surface area contributed by atoms with Crippen LogP contribution in [0, 0.1) is 12.7 Å². The van der Waals surface area contributed by atoms with E-state index < -0.39 is 11.4 Å². The number of hydrogen-bond acceptors (Lipinski definition) is 4. The molecule has 144 valence electrons. The lowest BCUT2D eigenvalue weighted by Gasteiger charge is -2.39. The molecule has 7 heteroatoms. The lowest BCUT2D eigenvalue weighted by Crippen LogP contribution is -2.48. The molecule has 1 aliphatic heterocycles. The van der Waals surface area contributed by atoms with Crippen molar-refractivity contribution in [2.24, 2.45) is 0 Å². The summed E-state index contributed by atoms with van der Waals surface area (Å²) in [5, 5.41) is 9.15. The summed E-state index contributed by atoms with van der Waals surface area (Å²) >= 11 is 0. The van der Waals surface area contributed by atoms with Crippen molar-refractivity contribution in [3.8, 4) is 0 Å². The lowest BCUT2D eigenvalue weighted by molar-refractivity contribution is -0.140. The van der Waals surface area contributed by atoms with Crippen LogP contribution in [0.15, 0.2) is 34.7 Å². The number of carboxylic acid groups (broad SMARTS) is 1. The van der Waals surface area contributed by atoms with E-state index in [0.29, 0.717) is 43.1 Å². The van der Waals surface area contributed by atoms with Gasteiger partial charge in [0.2, 0.25) is 5.91 Å². The summed E-state index contributed by atoms with van der Waals surface area (Å²) in [5.74, 6) is -0.937. The third-order valence-corrected chi connectivity index (χ3v) is 5.07. The number of hydrogen-bond donors (Lipinski definition) is 1. The molecule has 0 aliphatic carbocycles. The average molecular weight is 375 g/mol. The number of rotatable bonds is 5. The van der Waals surface area contributed by atoms with Crippen molar-refractivity contribution in [3.05, 3.63) is 58.8 Å². The number of amides is 1. The number of ether oxygens (including phenoxy) is 1. The van der Waals surface area contributed by atoms with Gasteiger partial charge in [0, 0.05) is 20.3 Å². The standard InChI is InChI=1S/C20H22FNO5/c1-13-17(18(23)24)11-16(27-13)12-22(2)19(25)20(6-8-26-9-7-20)14-4-3-5-15(21)10-14/h3-5,10-11H,6-9,12H2,1-2H3,(H,23,24). The maximum absolute atomic E-state index is 13.8. The average Bonchev–Trinajstić information content (AvgIpc) is 3.02. The summed E-state index contributed by atoms with van der Waals surface area (Å²) in [5.41, 5.74) is -0.159. The zero-order valence-corrected chi connectivity index (χ0v) is 15.3. The number of aryl methyl sites for hydroxylation is 1. The Bertz CT molecular complexity index is 854. The lowest BCUT2D eigenvalue weighted by atomic mass is 9.73. The largest absolute Gasteiger partial charge is 0.478 e. The van der Waals surface area contributed by atoms with Crippen LogP contribution in [0.25, 0.3) is 0 Å². The van der Waals surface area contributed by atoms with Crippen molar-refractivity contribution in [1.29, 1.82) is 0 Å². The maximum Gasteiger partial charge on any atom is 0.339 e. The molecule has 0 unspecified atom stereocenters. The van der Waals surface area contributed by atoms with Crippen LogP contribution in [-0.2, 0) is 21.5 Å². The Balaban J connectivity index is 1.88. The third-order valence-electron chi connectivity index (χ3n) is 5.07. The molecule has 1 aliphatic rings. The first-order valence-electron chi connectivity index (χ1n) is 8.75. The van der Waals surface area contributed by atoms with Crippen LogP contribution >= 0.6 is 0 Å². The number of furan rings is 1. The summed E-state index contributed by atoms with van der Waals surface area (Å²) in [6, 6.07) is 7.55. The molecule has 0 bridgehead atoms. The number of carbonyl (C=O) groups excluding carboxylic acids is 1. The van der Waals surface area contributed by atoms with Crippen LogP contribution < -0.4 is 0 Å². The fourth-order valence-corrected chi connectivity index (χ4v) is 3.64. The van der Waals surface area contributed by atoms with Crippen LogP contribution in [0.2, 0.25) is 0 Å². The number of carboxylic acids is 1. The highest BCUT2D eigenvalue weighted by Gasteiger charge is 2.43. The molecule has 6 nitrogen and oxygen atoms in total. The molecule has 1 saturated heterocycles. The van der Waals surface area contributed by atoms with Gasteiger partial charge in [0.15, 0.2) is 0 Å². The quantitative estimate of drug-likeness (QED) is 0.868. The first-order chi connectivity index (χ1) is 12.8. The molecule has 0 spiro atoms. The van der Waals surface area contributed by atoms with E-state index in [9.17, 15) is 14.0 Å². The van der Waals surface area contributed by atoms with Gasteiger partial charge >= 0.3 is 5.97 Å². The first kappa shape index (κ1) is 19.1. The van der Waals surface area contributed by atoms with Crippen molar-refractivity contribution in [2.45, 2.75) is 31.7 Å². The third kappa shape index (κ3) is 3.73. The summed E-state index contributed by atoms with van der Waals surface area (Å²) < 4.78 is 24.7. The summed E-state index contributed by atoms with van der Waals surface area (Å²) in [4.78, 5) is 26.0. The Kier molecular flexibility index (Phi) is 5.32. The van der Waals surface area contributed by atoms with E-state index in [4.69, 9.17) is 14.3 Å². The normalized spacial score (nSPS) is 16.1. The van der Waals surface area contributed by atoms with Crippen LogP contribution in [0.5, 0.6) is 0 Å². The van der Waals surface area contributed by atoms with E-state index in [0.717, 1.165) is 0 Å². The van der Waals surface area contributed by atoms with Crippen LogP contribution in [-0.4, -0.2) is 42.1 Å². The van der Waals surface area contributed by atoms with Gasteiger partial charge in [-0.1, -0.05) is 12.1 Å². The Morgan fingerprint density at radius 3 is 2.56 bits per heavy atom. The minimum absolute atomic E-state index is 0.0803. The molecule has 2 aromatic rings. The molecule has 1 aromatic heterocycles. The van der Waals surface area contributed by atoms with E-state index in [1.807, 2.05) is 0 Å². The number of likely N-dealkylation sites (N-methyl/N-ethyl adjacent to an activating group) is 1. The van der Waals surface area contributed by atoms with Gasteiger partial charge in [-0.05, 0) is 43.5 Å². The smallest absolute Gasteiger partial charge is 0.339 e. The summed E-state index contributed by atoms with van der Waals surface area (Å²) in [6.07, 6.45) is 0.911. The van der Waals surface area contributed by atoms with Gasteiger partial charge in [0.1, 0.15) is 22.9 Å². The Hall–Kier alpha value is -2.67. The predicted octanol–water partition coefficient (Wildman–Crippen LogP) is 3.13. The van der Waals surface area contributed by atoms with E-state index >= 15 is 0 Å². The molecule has 1 N–H and O–H groups in total. The highest BCUT2D eigenvalue weighted by atomic mass is 19.1. The Morgan fingerprint density at radius 1 is 1.26 bits per heavy atom. The Labute approximate surface area is 156 Å². The topological polar surface area (TPSA) is 80.0 Å². The first-order valence-corrected chi connectivity index (χ1v) is 8.75. The maximum atomic E-state index is 13.8. The van der Waals surface area contributed by atoms with E-state index in [1.165, 1.54) is 23.1 Å². The summed E-state index contributed by atoms with van der Waals surface area (Å²) in [6.45, 7) is 2.53. The van der Waals surface area contributed by atoms with Crippen LogP contribution in [0.3, 0.4) is 0 Å². The molecule has 2 heterocycles. The monoisotopic (exact) mass is 375 g/mol. The fraction of sp³-hybridized carbons (Fsp3) is 0.400. The van der Waals surface area contributed by atoms with Crippen LogP contribution in [0.1, 0.15) is 40.3 Å². The van der Waals surface area contributed by atoms with Gasteiger partial charge in [-0.3, -0.25) is 4.79 Å². The van der Waals surface area contributed by atoms with Gasteiger partial charge in [0.05, 0.1) is 12.0 Å². The highest BCUT2D eigenvalue weighted by Crippen LogP contribution is 2.37. The molecule has 3 rings (SSSR count). The molecular weight excluding hydrogens is 353 g/mol. The zero-order valence-electron chi connectivity index (χ0n) is 15.3. The second kappa shape index (κ2) is 7.52. The number of nitrogens with zero attached hydrogens (tertiary/aromatic N) is 1. The van der Waals surface area contributed by atoms with Crippen molar-refractivity contribution in [3.63, 3.8) is 0 Å². The zero-order chi connectivity index (χ0) is 19.6. The van der Waals surface area contributed by atoms with Gasteiger partial charge in [0.25, 0.3) is 0 Å². The molecule has 1 aromatic carbocycles. The van der Waals surface area contributed by atoms with Gasteiger partial charge < -0.3 is 19.2 Å². The van der Waals surface area contributed by atoms with Gasteiger partial charge in [-0.2, -0.15) is 0 Å². The molecule has 0 saturated carbocycles. The summed E-state index contributed by atoms with van der Waals surface area (Å²) in [7, 11) is 1.64. The molecule has 0 radical (unpaired) electrons. The molecule has 1 amide bonds. The number of benzene rings is 1. The number of aromatic carboxylic acids is 1. The predicted molar refractivity (Wildman–Crippen MR) is 95.0 cm³/mol. The van der Waals surface area contributed by atoms with Crippen molar-refractivity contribution in [1.82, 2.24) is 4.90 Å². The molecule has 0 atom stereocenters. The van der Waals surface area contributed by atoms with E-state index in [-0.39, 0.29) is 23.8 Å². The van der Waals surface area contributed by atoms with Crippen LogP contribution in [0.4, 0.5) is 4.39 Å². The number of carbonyl (C=O) groups is 2. The Morgan fingerprint density at radius 2 is 1.96 bits per heavy atom. The molecular formula is C20H22FNO5.